The van der Waals surface area contributed by atoms with Gasteiger partial charge in [-0.15, -0.1) is 11.3 Å². The van der Waals surface area contributed by atoms with Crippen LogP contribution < -0.4 is 11.1 Å². The second kappa shape index (κ2) is 5.46. The minimum Gasteiger partial charge on any atom is -0.397 e. The van der Waals surface area contributed by atoms with Crippen LogP contribution in [-0.2, 0) is 4.79 Å². The maximum absolute atomic E-state index is 11.7. The molecule has 0 saturated carbocycles. The van der Waals surface area contributed by atoms with Crippen LogP contribution in [0.4, 0.5) is 11.4 Å². The molecule has 3 N–H and O–H groups in total. The Labute approximate surface area is 109 Å². The lowest BCUT2D eigenvalue weighted by atomic mass is 10.2. The lowest BCUT2D eigenvalue weighted by molar-refractivity contribution is -0.111. The molecule has 1 aromatic carbocycles. The summed E-state index contributed by atoms with van der Waals surface area (Å²) in [4.78, 5) is 15.9. The van der Waals surface area contributed by atoms with Gasteiger partial charge in [-0.1, -0.05) is 12.1 Å². The van der Waals surface area contributed by atoms with Crippen LogP contribution >= 0.6 is 11.3 Å². The van der Waals surface area contributed by atoms with Crippen LogP contribution in [0.2, 0.25) is 0 Å². The van der Waals surface area contributed by atoms with E-state index in [0.29, 0.717) is 11.4 Å². The number of hydrogen-bond donors (Lipinski definition) is 2. The van der Waals surface area contributed by atoms with E-state index in [-0.39, 0.29) is 5.91 Å². The minimum absolute atomic E-state index is 0.224. The third-order valence-corrected chi connectivity index (χ3v) is 3.05. The number of amides is 1. The predicted octanol–water partition coefficient (Wildman–Crippen LogP) is 2.69. The molecule has 4 nitrogen and oxygen atoms in total. The van der Waals surface area contributed by atoms with Gasteiger partial charge in [-0.2, -0.15) is 0 Å². The van der Waals surface area contributed by atoms with Crippen LogP contribution in [0.3, 0.4) is 0 Å². The molecular formula is C13H13N3OS. The van der Waals surface area contributed by atoms with E-state index >= 15 is 0 Å². The highest BCUT2D eigenvalue weighted by molar-refractivity contribution is 7.09. The highest BCUT2D eigenvalue weighted by atomic mass is 32.1. The Bertz CT molecular complexity index is 589. The molecule has 1 heterocycles. The quantitative estimate of drug-likeness (QED) is 0.657. The molecule has 0 aliphatic carbocycles. The third kappa shape index (κ3) is 3.18. The summed E-state index contributed by atoms with van der Waals surface area (Å²) < 4.78 is 0. The monoisotopic (exact) mass is 259 g/mol. The molecule has 5 heteroatoms. The summed E-state index contributed by atoms with van der Waals surface area (Å²) in [5, 5.41) is 5.59. The van der Waals surface area contributed by atoms with Gasteiger partial charge in [-0.3, -0.25) is 4.79 Å². The molecule has 0 aliphatic rings. The number of nitrogens with two attached hydrogens (primary N) is 1. The van der Waals surface area contributed by atoms with Crippen molar-refractivity contribution in [3.8, 4) is 0 Å². The van der Waals surface area contributed by atoms with Gasteiger partial charge in [0, 0.05) is 11.5 Å². The molecule has 92 valence electrons. The van der Waals surface area contributed by atoms with Gasteiger partial charge in [0.2, 0.25) is 5.91 Å². The summed E-state index contributed by atoms with van der Waals surface area (Å²) in [6, 6.07) is 7.13. The molecule has 0 aliphatic heterocycles. The van der Waals surface area contributed by atoms with E-state index in [1.165, 1.54) is 6.08 Å². The molecular weight excluding hydrogens is 246 g/mol. The zero-order valence-electron chi connectivity index (χ0n) is 9.88. The summed E-state index contributed by atoms with van der Waals surface area (Å²) in [5.41, 5.74) is 7.67. The Hall–Kier alpha value is -2.14. The third-order valence-electron chi connectivity index (χ3n) is 2.26. The Morgan fingerprint density at radius 1 is 1.44 bits per heavy atom. The standard InChI is InChI=1S/C13H13N3OS/c1-9-15-10(8-18-9)6-7-13(17)16-12-5-3-2-4-11(12)14/h2-8H,14H2,1H3,(H,16,17). The Morgan fingerprint density at radius 2 is 2.22 bits per heavy atom. The summed E-state index contributed by atoms with van der Waals surface area (Å²) in [6.07, 6.45) is 3.12. The van der Waals surface area contributed by atoms with Crippen molar-refractivity contribution in [3.63, 3.8) is 0 Å². The molecule has 2 aromatic rings. The Morgan fingerprint density at radius 3 is 2.89 bits per heavy atom. The first-order valence-corrected chi connectivity index (χ1v) is 6.29. The molecule has 0 unspecified atom stereocenters. The molecule has 0 spiro atoms. The van der Waals surface area contributed by atoms with E-state index in [1.807, 2.05) is 24.4 Å². The maximum atomic E-state index is 11.7. The highest BCUT2D eigenvalue weighted by Crippen LogP contribution is 2.16. The van der Waals surface area contributed by atoms with Gasteiger partial charge in [-0.05, 0) is 25.1 Å². The van der Waals surface area contributed by atoms with Crippen LogP contribution in [0.25, 0.3) is 6.08 Å². The zero-order valence-corrected chi connectivity index (χ0v) is 10.7. The maximum Gasteiger partial charge on any atom is 0.248 e. The molecule has 0 saturated heterocycles. The van der Waals surface area contributed by atoms with Gasteiger partial charge in [-0.25, -0.2) is 4.98 Å². The average molecular weight is 259 g/mol. The number of hydrogen-bond acceptors (Lipinski definition) is 4. The molecule has 18 heavy (non-hydrogen) atoms. The summed E-state index contributed by atoms with van der Waals surface area (Å²) in [7, 11) is 0. The minimum atomic E-state index is -0.224. The number of para-hydroxylation sites is 2. The van der Waals surface area contributed by atoms with E-state index in [0.717, 1.165) is 10.7 Å². The number of aryl methyl sites for hydroxylation is 1. The largest absolute Gasteiger partial charge is 0.397 e. The first-order chi connectivity index (χ1) is 8.65. The van der Waals surface area contributed by atoms with Gasteiger partial charge >= 0.3 is 0 Å². The number of nitrogen functional groups attached to an aromatic ring is 1. The van der Waals surface area contributed by atoms with Crippen LogP contribution in [0.1, 0.15) is 10.7 Å². The lowest BCUT2D eigenvalue weighted by Crippen LogP contribution is -2.09. The van der Waals surface area contributed by atoms with Crippen molar-refractivity contribution < 1.29 is 4.79 Å². The predicted molar refractivity (Wildman–Crippen MR) is 75.4 cm³/mol. The van der Waals surface area contributed by atoms with Crippen molar-refractivity contribution in [1.82, 2.24) is 4.98 Å². The van der Waals surface area contributed by atoms with Crippen LogP contribution in [-0.4, -0.2) is 10.9 Å². The number of carbonyl (C=O) groups excluding carboxylic acids is 1. The average Bonchev–Trinajstić information content (AvgIpc) is 2.76. The number of nitrogens with zero attached hydrogens (tertiary/aromatic N) is 1. The molecule has 1 amide bonds. The van der Waals surface area contributed by atoms with Crippen molar-refractivity contribution in [3.05, 3.63) is 46.4 Å². The fourth-order valence-corrected chi connectivity index (χ4v) is 1.98. The van der Waals surface area contributed by atoms with Crippen molar-refractivity contribution >= 4 is 34.7 Å². The Balaban J connectivity index is 2.01. The summed E-state index contributed by atoms with van der Waals surface area (Å²) in [6.45, 7) is 1.92. The normalized spacial score (nSPS) is 10.7. The Kier molecular flexibility index (Phi) is 3.74. The first-order valence-electron chi connectivity index (χ1n) is 5.41. The van der Waals surface area contributed by atoms with Gasteiger partial charge in [0.05, 0.1) is 22.1 Å². The lowest BCUT2D eigenvalue weighted by Gasteiger charge is -2.04. The number of nitrogens with one attached hydrogen (secondary N) is 1. The van der Waals surface area contributed by atoms with Gasteiger partial charge < -0.3 is 11.1 Å². The number of carbonyl (C=O) groups is 1. The summed E-state index contributed by atoms with van der Waals surface area (Å²) >= 11 is 1.55. The molecule has 0 radical (unpaired) electrons. The number of thiazole rings is 1. The van der Waals surface area contributed by atoms with Crippen molar-refractivity contribution in [2.24, 2.45) is 0 Å². The SMILES string of the molecule is Cc1nc(C=CC(=O)Nc2ccccc2N)cs1. The molecule has 0 fully saturated rings. The number of benzene rings is 1. The fourth-order valence-electron chi connectivity index (χ4n) is 1.40. The molecule has 2 rings (SSSR count). The molecule has 0 bridgehead atoms. The van der Waals surface area contributed by atoms with E-state index in [1.54, 1.807) is 29.5 Å². The highest BCUT2D eigenvalue weighted by Gasteiger charge is 2.01. The van der Waals surface area contributed by atoms with Crippen molar-refractivity contribution in [2.75, 3.05) is 11.1 Å². The van der Waals surface area contributed by atoms with Gasteiger partial charge in [0.1, 0.15) is 0 Å². The van der Waals surface area contributed by atoms with Gasteiger partial charge in [0.25, 0.3) is 0 Å². The number of rotatable bonds is 3. The smallest absolute Gasteiger partial charge is 0.248 e. The second-order valence-electron chi connectivity index (χ2n) is 3.70. The zero-order chi connectivity index (χ0) is 13.0. The first kappa shape index (κ1) is 12.3. The fraction of sp³-hybridized carbons (Fsp3) is 0.0769. The van der Waals surface area contributed by atoms with Crippen LogP contribution in [0.15, 0.2) is 35.7 Å². The second-order valence-corrected chi connectivity index (χ2v) is 4.76. The molecule has 0 atom stereocenters. The van der Waals surface area contributed by atoms with E-state index in [2.05, 4.69) is 10.3 Å². The topological polar surface area (TPSA) is 68.0 Å². The van der Waals surface area contributed by atoms with E-state index in [9.17, 15) is 4.79 Å². The summed E-state index contributed by atoms with van der Waals surface area (Å²) in [5.74, 6) is -0.224. The molecule has 1 aromatic heterocycles. The van der Waals surface area contributed by atoms with E-state index in [4.69, 9.17) is 5.73 Å². The van der Waals surface area contributed by atoms with Crippen LogP contribution in [0, 0.1) is 6.92 Å². The van der Waals surface area contributed by atoms with Crippen LogP contribution in [0.5, 0.6) is 0 Å². The van der Waals surface area contributed by atoms with Crippen molar-refractivity contribution in [1.29, 1.82) is 0 Å². The number of anilines is 2. The van der Waals surface area contributed by atoms with Gasteiger partial charge in [0.15, 0.2) is 0 Å². The van der Waals surface area contributed by atoms with Crippen molar-refractivity contribution in [2.45, 2.75) is 6.92 Å². The van der Waals surface area contributed by atoms with E-state index < -0.39 is 0 Å². The number of aromatic nitrogens is 1.